The number of ether oxygens (including phenoxy) is 1. The van der Waals surface area contributed by atoms with Gasteiger partial charge in [-0.05, 0) is 36.6 Å². The zero-order chi connectivity index (χ0) is 22.1. The summed E-state index contributed by atoms with van der Waals surface area (Å²) in [5, 5.41) is 12.5. The molecule has 2 heterocycles. The number of halogens is 3. The number of nitrogens with one attached hydrogen (secondary N) is 1. The average Bonchev–Trinajstić information content (AvgIpc) is 3.52. The van der Waals surface area contributed by atoms with Gasteiger partial charge in [-0.3, -0.25) is 9.69 Å². The molecule has 5 rings (SSSR count). The van der Waals surface area contributed by atoms with Crippen molar-refractivity contribution < 1.29 is 9.53 Å². The summed E-state index contributed by atoms with van der Waals surface area (Å²) in [6.07, 6.45) is 2.12. The summed E-state index contributed by atoms with van der Waals surface area (Å²) in [7, 11) is 1.99. The van der Waals surface area contributed by atoms with Crippen LogP contribution < -0.4 is 5.32 Å². The second-order valence-electron chi connectivity index (χ2n) is 8.49. The first kappa shape index (κ1) is 26.4. The van der Waals surface area contributed by atoms with Crippen molar-refractivity contribution in [2.45, 2.75) is 18.3 Å². The average molecular weight is 525 g/mol. The van der Waals surface area contributed by atoms with E-state index in [0.29, 0.717) is 30.5 Å². The van der Waals surface area contributed by atoms with Crippen LogP contribution in [0.1, 0.15) is 24.2 Å². The third kappa shape index (κ3) is 5.24. The van der Waals surface area contributed by atoms with E-state index in [0.717, 1.165) is 43.1 Å². The summed E-state index contributed by atoms with van der Waals surface area (Å²) in [6, 6.07) is 16.0. The van der Waals surface area contributed by atoms with Crippen LogP contribution in [0, 0.1) is 0 Å². The van der Waals surface area contributed by atoms with Crippen LogP contribution in [0.25, 0.3) is 11.4 Å². The molecule has 34 heavy (non-hydrogen) atoms. The highest BCUT2D eigenvalue weighted by Gasteiger charge is 2.49. The Morgan fingerprint density at radius 1 is 1.09 bits per heavy atom. The molecule has 3 aromatic rings. The maximum Gasteiger partial charge on any atom is 0.238 e. The van der Waals surface area contributed by atoms with E-state index in [4.69, 9.17) is 16.3 Å². The first-order chi connectivity index (χ1) is 15.6. The lowest BCUT2D eigenvalue weighted by molar-refractivity contribution is -0.118. The summed E-state index contributed by atoms with van der Waals surface area (Å²) in [5.41, 5.74) is 2.66. The summed E-state index contributed by atoms with van der Waals surface area (Å²) < 4.78 is 7.37. The quantitative estimate of drug-likeness (QED) is 0.520. The van der Waals surface area contributed by atoms with Gasteiger partial charge in [0.15, 0.2) is 5.82 Å². The summed E-state index contributed by atoms with van der Waals surface area (Å²) in [5.74, 6) is 1.62. The molecule has 7 nitrogen and oxygen atoms in total. The Bertz CT molecular complexity index is 1130. The van der Waals surface area contributed by atoms with Gasteiger partial charge in [-0.2, -0.15) is 0 Å². The number of amides is 1. The number of hydrogen-bond acceptors (Lipinski definition) is 5. The van der Waals surface area contributed by atoms with Gasteiger partial charge in [-0.25, -0.2) is 0 Å². The third-order valence-electron chi connectivity index (χ3n) is 6.34. The third-order valence-corrected chi connectivity index (χ3v) is 6.66. The van der Waals surface area contributed by atoms with Gasteiger partial charge in [0, 0.05) is 31.4 Å². The summed E-state index contributed by atoms with van der Waals surface area (Å²) in [4.78, 5) is 14.5. The molecule has 1 N–H and O–H groups in total. The zero-order valence-electron chi connectivity index (χ0n) is 18.9. The minimum Gasteiger partial charge on any atom is -0.379 e. The number of hydrogen-bond donors (Lipinski definition) is 1. The molecule has 1 amide bonds. The highest BCUT2D eigenvalue weighted by atomic mass is 35.5. The Morgan fingerprint density at radius 3 is 2.44 bits per heavy atom. The number of aromatic nitrogens is 3. The molecule has 1 aliphatic heterocycles. The van der Waals surface area contributed by atoms with E-state index < -0.39 is 0 Å². The van der Waals surface area contributed by atoms with Crippen LogP contribution in [-0.2, 0) is 22.0 Å². The topological polar surface area (TPSA) is 72.3 Å². The molecule has 1 aromatic heterocycles. The van der Waals surface area contributed by atoms with E-state index in [9.17, 15) is 4.79 Å². The lowest BCUT2D eigenvalue weighted by Gasteiger charge is -2.25. The predicted molar refractivity (Wildman–Crippen MR) is 138 cm³/mol. The molecule has 10 heteroatoms. The molecule has 2 aromatic carbocycles. The fourth-order valence-electron chi connectivity index (χ4n) is 4.44. The number of rotatable bonds is 6. The largest absolute Gasteiger partial charge is 0.379 e. The first-order valence-electron chi connectivity index (χ1n) is 10.9. The van der Waals surface area contributed by atoms with Crippen LogP contribution in [0.3, 0.4) is 0 Å². The van der Waals surface area contributed by atoms with Crippen molar-refractivity contribution in [2.75, 3.05) is 38.2 Å². The SMILES string of the molecule is Cl.Cl.Cn1c(-c2ccc(NC(=O)CN3CCOCC3)cc2Cl)nnc1C1(c2ccccc2)CC1. The minimum absolute atomic E-state index is 0. The Hall–Kier alpha value is -2.16. The molecule has 1 saturated carbocycles. The van der Waals surface area contributed by atoms with Gasteiger partial charge < -0.3 is 14.6 Å². The molecule has 0 spiro atoms. The second kappa shape index (κ2) is 11.1. The minimum atomic E-state index is -0.0683. The molecule has 2 fully saturated rings. The van der Waals surface area contributed by atoms with Crippen LogP contribution in [0.5, 0.6) is 0 Å². The number of anilines is 1. The number of carbonyl (C=O) groups excluding carboxylic acids is 1. The van der Waals surface area contributed by atoms with E-state index >= 15 is 0 Å². The standard InChI is InChI=1S/C24H26ClN5O2.2ClH/c1-29-22(27-28-23(29)24(9-10-24)17-5-3-2-4-6-17)19-8-7-18(15-20(19)25)26-21(31)16-30-11-13-32-14-12-30;;/h2-8,15H,9-14,16H2,1H3,(H,26,31);2*1H. The number of carbonyl (C=O) groups is 1. The van der Waals surface area contributed by atoms with Crippen molar-refractivity contribution >= 4 is 48.0 Å². The lowest BCUT2D eigenvalue weighted by Crippen LogP contribution is -2.41. The van der Waals surface area contributed by atoms with Crippen molar-refractivity contribution in [3.8, 4) is 11.4 Å². The molecular formula is C24H28Cl3N5O2. The molecule has 0 radical (unpaired) electrons. The molecular weight excluding hydrogens is 497 g/mol. The highest BCUT2D eigenvalue weighted by molar-refractivity contribution is 6.33. The smallest absolute Gasteiger partial charge is 0.238 e. The lowest BCUT2D eigenvalue weighted by atomic mass is 9.95. The first-order valence-corrected chi connectivity index (χ1v) is 11.3. The van der Waals surface area contributed by atoms with E-state index in [2.05, 4.69) is 44.7 Å². The Morgan fingerprint density at radius 2 is 1.79 bits per heavy atom. The zero-order valence-corrected chi connectivity index (χ0v) is 21.3. The number of morpholine rings is 1. The molecule has 1 saturated heterocycles. The van der Waals surface area contributed by atoms with Gasteiger partial charge in [0.2, 0.25) is 5.91 Å². The van der Waals surface area contributed by atoms with Crippen LogP contribution in [0.4, 0.5) is 5.69 Å². The number of nitrogens with zero attached hydrogens (tertiary/aromatic N) is 4. The van der Waals surface area contributed by atoms with E-state index in [1.165, 1.54) is 5.56 Å². The fourth-order valence-corrected chi connectivity index (χ4v) is 4.71. The van der Waals surface area contributed by atoms with Crippen molar-refractivity contribution in [1.29, 1.82) is 0 Å². The highest BCUT2D eigenvalue weighted by Crippen LogP contribution is 2.53. The Kier molecular flexibility index (Phi) is 8.60. The Labute approximate surface area is 216 Å². The van der Waals surface area contributed by atoms with Gasteiger partial charge in [0.1, 0.15) is 5.82 Å². The van der Waals surface area contributed by atoms with E-state index in [-0.39, 0.29) is 36.1 Å². The monoisotopic (exact) mass is 523 g/mol. The second-order valence-corrected chi connectivity index (χ2v) is 8.89. The maximum absolute atomic E-state index is 12.4. The van der Waals surface area contributed by atoms with E-state index in [1.807, 2.05) is 29.8 Å². The van der Waals surface area contributed by atoms with Crippen LogP contribution in [0.15, 0.2) is 48.5 Å². The Balaban J connectivity index is 0.00000162. The van der Waals surface area contributed by atoms with Crippen molar-refractivity contribution in [3.05, 3.63) is 64.9 Å². The maximum atomic E-state index is 12.4. The van der Waals surface area contributed by atoms with Gasteiger partial charge in [-0.1, -0.05) is 41.9 Å². The van der Waals surface area contributed by atoms with Gasteiger partial charge >= 0.3 is 0 Å². The van der Waals surface area contributed by atoms with Gasteiger partial charge in [0.05, 0.1) is 30.2 Å². The summed E-state index contributed by atoms with van der Waals surface area (Å²) >= 11 is 6.61. The molecule has 2 aliphatic rings. The van der Waals surface area contributed by atoms with Crippen molar-refractivity contribution in [3.63, 3.8) is 0 Å². The normalized spacial score (nSPS) is 16.8. The predicted octanol–water partition coefficient (Wildman–Crippen LogP) is 4.33. The fraction of sp³-hybridized carbons (Fsp3) is 0.375. The van der Waals surface area contributed by atoms with Gasteiger partial charge in [0.25, 0.3) is 0 Å². The molecule has 1 aliphatic carbocycles. The van der Waals surface area contributed by atoms with Crippen molar-refractivity contribution in [1.82, 2.24) is 19.7 Å². The molecule has 0 unspecified atom stereocenters. The van der Waals surface area contributed by atoms with Crippen LogP contribution >= 0.6 is 36.4 Å². The molecule has 0 bridgehead atoms. The molecule has 182 valence electrons. The van der Waals surface area contributed by atoms with Crippen LogP contribution in [0.2, 0.25) is 5.02 Å². The van der Waals surface area contributed by atoms with Crippen LogP contribution in [-0.4, -0.2) is 58.4 Å². The van der Waals surface area contributed by atoms with Crippen molar-refractivity contribution in [2.24, 2.45) is 7.05 Å². The van der Waals surface area contributed by atoms with Gasteiger partial charge in [-0.15, -0.1) is 35.0 Å². The number of benzene rings is 2. The summed E-state index contributed by atoms with van der Waals surface area (Å²) in [6.45, 7) is 3.22. The van der Waals surface area contributed by atoms with E-state index in [1.54, 1.807) is 6.07 Å². The molecule has 0 atom stereocenters.